The molecule has 0 spiro atoms. The van der Waals surface area contributed by atoms with Gasteiger partial charge in [0, 0.05) is 6.54 Å². The summed E-state index contributed by atoms with van der Waals surface area (Å²) in [5, 5.41) is 5.31. The van der Waals surface area contributed by atoms with E-state index in [1.54, 1.807) is 12.1 Å². The minimum Gasteiger partial charge on any atom is -0.467 e. The predicted octanol–water partition coefficient (Wildman–Crippen LogP) is 1.45. The fourth-order valence-electron chi connectivity index (χ4n) is 2.67. The highest BCUT2D eigenvalue weighted by molar-refractivity contribution is 6.05. The minimum atomic E-state index is -0.834. The highest BCUT2D eigenvalue weighted by atomic mass is 16.3. The van der Waals surface area contributed by atoms with Crippen molar-refractivity contribution in [2.45, 2.75) is 25.4 Å². The van der Waals surface area contributed by atoms with Crippen LogP contribution in [0, 0.1) is 0 Å². The third-order valence-electron chi connectivity index (χ3n) is 3.97. The number of carbonyl (C=O) groups is 3. The lowest BCUT2D eigenvalue weighted by atomic mass is 10.1. The van der Waals surface area contributed by atoms with E-state index in [1.165, 1.54) is 6.26 Å². The number of nitrogens with zero attached hydrogens (tertiary/aromatic N) is 1. The molecule has 1 unspecified atom stereocenters. The van der Waals surface area contributed by atoms with Crippen molar-refractivity contribution in [3.63, 3.8) is 0 Å². The maximum Gasteiger partial charge on any atom is 0.325 e. The Bertz CT molecular complexity index is 743. The lowest BCUT2D eigenvalue weighted by molar-refractivity contribution is -0.131. The van der Waals surface area contributed by atoms with Crippen LogP contribution < -0.4 is 10.6 Å². The Morgan fingerprint density at radius 2 is 1.96 bits per heavy atom. The average Bonchev–Trinajstić information content (AvgIpc) is 3.20. The van der Waals surface area contributed by atoms with E-state index in [1.807, 2.05) is 30.3 Å². The van der Waals surface area contributed by atoms with Gasteiger partial charge in [0.25, 0.3) is 5.91 Å². The van der Waals surface area contributed by atoms with Gasteiger partial charge in [-0.25, -0.2) is 4.79 Å². The van der Waals surface area contributed by atoms with Gasteiger partial charge in [0.2, 0.25) is 5.91 Å². The van der Waals surface area contributed by atoms with Crippen molar-refractivity contribution >= 4 is 17.8 Å². The van der Waals surface area contributed by atoms with E-state index in [0.717, 1.165) is 10.5 Å². The molecular weight excluding hydrogens is 322 g/mol. The first-order valence-corrected chi connectivity index (χ1v) is 8.08. The molecule has 4 amide bonds. The summed E-state index contributed by atoms with van der Waals surface area (Å²) in [6.45, 7) is 0.539. The number of hydrogen-bond acceptors (Lipinski definition) is 4. The number of urea groups is 1. The molecule has 2 heterocycles. The van der Waals surface area contributed by atoms with Gasteiger partial charge in [-0.2, -0.15) is 0 Å². The van der Waals surface area contributed by atoms with Gasteiger partial charge in [0.05, 0.1) is 19.2 Å². The molecule has 0 bridgehead atoms. The van der Waals surface area contributed by atoms with Crippen LogP contribution in [0.3, 0.4) is 0 Å². The van der Waals surface area contributed by atoms with Crippen molar-refractivity contribution in [3.05, 3.63) is 60.1 Å². The van der Waals surface area contributed by atoms with Crippen LogP contribution in [0.25, 0.3) is 0 Å². The molecule has 25 heavy (non-hydrogen) atoms. The number of benzene rings is 1. The maximum atomic E-state index is 12.3. The number of amides is 4. The topological polar surface area (TPSA) is 91.7 Å². The van der Waals surface area contributed by atoms with Crippen LogP contribution in [0.2, 0.25) is 0 Å². The van der Waals surface area contributed by atoms with Crippen molar-refractivity contribution in [2.24, 2.45) is 0 Å². The van der Waals surface area contributed by atoms with Crippen LogP contribution in [0.15, 0.2) is 53.1 Å². The van der Waals surface area contributed by atoms with E-state index in [0.29, 0.717) is 18.7 Å². The Morgan fingerprint density at radius 1 is 1.16 bits per heavy atom. The smallest absolute Gasteiger partial charge is 0.325 e. The Morgan fingerprint density at radius 3 is 2.68 bits per heavy atom. The quantitative estimate of drug-likeness (QED) is 0.746. The molecule has 0 aliphatic carbocycles. The second kappa shape index (κ2) is 7.65. The Balaban J connectivity index is 1.46. The molecule has 1 saturated heterocycles. The zero-order chi connectivity index (χ0) is 17.6. The predicted molar refractivity (Wildman–Crippen MR) is 89.4 cm³/mol. The molecule has 1 aliphatic rings. The number of carbonyl (C=O) groups excluding carboxylic acids is 3. The van der Waals surface area contributed by atoms with Crippen molar-refractivity contribution in [2.75, 3.05) is 6.54 Å². The monoisotopic (exact) mass is 341 g/mol. The Hall–Kier alpha value is -3.09. The van der Waals surface area contributed by atoms with Gasteiger partial charge < -0.3 is 15.1 Å². The molecule has 130 valence electrons. The third kappa shape index (κ3) is 4.26. The fourth-order valence-corrected chi connectivity index (χ4v) is 2.67. The Kier molecular flexibility index (Phi) is 5.13. The largest absolute Gasteiger partial charge is 0.467 e. The van der Waals surface area contributed by atoms with E-state index >= 15 is 0 Å². The van der Waals surface area contributed by atoms with Gasteiger partial charge >= 0.3 is 6.03 Å². The number of hydrogen-bond donors (Lipinski definition) is 2. The first-order valence-electron chi connectivity index (χ1n) is 8.08. The van der Waals surface area contributed by atoms with Crippen molar-refractivity contribution in [1.82, 2.24) is 15.5 Å². The van der Waals surface area contributed by atoms with Crippen LogP contribution in [0.4, 0.5) is 4.79 Å². The average molecular weight is 341 g/mol. The second-order valence-electron chi connectivity index (χ2n) is 5.80. The van der Waals surface area contributed by atoms with E-state index in [4.69, 9.17) is 4.42 Å². The summed E-state index contributed by atoms with van der Waals surface area (Å²) in [6.07, 6.45) is 2.11. The molecule has 1 fully saturated rings. The molecule has 0 radical (unpaired) electrons. The summed E-state index contributed by atoms with van der Waals surface area (Å²) in [6, 6.07) is 11.8. The number of imide groups is 1. The first kappa shape index (κ1) is 16.8. The number of rotatable bonds is 7. The summed E-state index contributed by atoms with van der Waals surface area (Å²) >= 11 is 0. The fraction of sp³-hybridized carbons (Fsp3) is 0.278. The number of nitrogens with one attached hydrogen (secondary N) is 2. The summed E-state index contributed by atoms with van der Waals surface area (Å²) < 4.78 is 5.15. The van der Waals surface area contributed by atoms with Crippen molar-refractivity contribution < 1.29 is 18.8 Å². The molecule has 2 aromatic rings. The normalized spacial score (nSPS) is 16.8. The van der Waals surface area contributed by atoms with Gasteiger partial charge in [0.1, 0.15) is 11.8 Å². The van der Waals surface area contributed by atoms with Crippen LogP contribution in [0.1, 0.15) is 17.7 Å². The maximum absolute atomic E-state index is 12.3. The van der Waals surface area contributed by atoms with Crippen molar-refractivity contribution in [1.29, 1.82) is 0 Å². The van der Waals surface area contributed by atoms with Crippen LogP contribution in [0.5, 0.6) is 0 Å². The highest BCUT2D eigenvalue weighted by Crippen LogP contribution is 2.14. The van der Waals surface area contributed by atoms with Crippen LogP contribution >= 0.6 is 0 Å². The highest BCUT2D eigenvalue weighted by Gasteiger charge is 2.39. The molecular formula is C18H19N3O4. The van der Waals surface area contributed by atoms with Gasteiger partial charge in [0.15, 0.2) is 0 Å². The third-order valence-corrected chi connectivity index (χ3v) is 3.97. The van der Waals surface area contributed by atoms with E-state index in [9.17, 15) is 14.4 Å². The van der Waals surface area contributed by atoms with Gasteiger partial charge in [-0.3, -0.25) is 14.5 Å². The van der Waals surface area contributed by atoms with Gasteiger partial charge in [-0.05, 0) is 24.1 Å². The molecule has 2 N–H and O–H groups in total. The molecule has 3 rings (SSSR count). The van der Waals surface area contributed by atoms with Crippen molar-refractivity contribution in [3.8, 4) is 0 Å². The Labute approximate surface area is 145 Å². The SMILES string of the molecule is O=C(CC1NC(=O)N(Cc2ccco2)C1=O)NCCc1ccccc1. The molecule has 1 aromatic heterocycles. The van der Waals surface area contributed by atoms with Crippen LogP contribution in [-0.4, -0.2) is 35.3 Å². The summed E-state index contributed by atoms with van der Waals surface area (Å²) in [4.78, 5) is 37.3. The van der Waals surface area contributed by atoms with E-state index in [2.05, 4.69) is 10.6 Å². The van der Waals surface area contributed by atoms with E-state index in [-0.39, 0.29) is 18.9 Å². The molecule has 7 heteroatoms. The standard InChI is InChI=1S/C18H19N3O4/c22-16(19-9-8-13-5-2-1-3-6-13)11-15-17(23)21(18(24)20-15)12-14-7-4-10-25-14/h1-7,10,15H,8-9,11-12H2,(H,19,22)(H,20,24). The summed E-state index contributed by atoms with van der Waals surface area (Å²) in [5.41, 5.74) is 1.12. The molecule has 1 aromatic carbocycles. The van der Waals surface area contributed by atoms with Crippen LogP contribution in [-0.2, 0) is 22.6 Å². The molecule has 1 aliphatic heterocycles. The van der Waals surface area contributed by atoms with E-state index < -0.39 is 18.0 Å². The summed E-state index contributed by atoms with van der Waals surface area (Å²) in [5.74, 6) is -0.175. The molecule has 0 saturated carbocycles. The zero-order valence-corrected chi connectivity index (χ0v) is 13.6. The molecule has 1 atom stereocenters. The minimum absolute atomic E-state index is 0.0593. The zero-order valence-electron chi connectivity index (χ0n) is 13.6. The molecule has 7 nitrogen and oxygen atoms in total. The lowest BCUT2D eigenvalue weighted by Gasteiger charge is -2.11. The van der Waals surface area contributed by atoms with Gasteiger partial charge in [-0.1, -0.05) is 30.3 Å². The first-order chi connectivity index (χ1) is 12.1. The summed E-state index contributed by atoms with van der Waals surface area (Å²) in [7, 11) is 0. The van der Waals surface area contributed by atoms with Gasteiger partial charge in [-0.15, -0.1) is 0 Å². The lowest BCUT2D eigenvalue weighted by Crippen LogP contribution is -2.37. The second-order valence-corrected chi connectivity index (χ2v) is 5.80. The number of furan rings is 1.